The van der Waals surface area contributed by atoms with Gasteiger partial charge in [-0.15, -0.1) is 0 Å². The van der Waals surface area contributed by atoms with Crippen LogP contribution in [0.25, 0.3) is 0 Å². The zero-order valence-electron chi connectivity index (χ0n) is 12.5. The van der Waals surface area contributed by atoms with Gasteiger partial charge in [-0.2, -0.15) is 5.10 Å². The van der Waals surface area contributed by atoms with Crippen LogP contribution in [0, 0.1) is 5.92 Å². The molecular weight excluding hydrogens is 284 g/mol. The molecule has 1 aromatic rings. The summed E-state index contributed by atoms with van der Waals surface area (Å²) in [5.41, 5.74) is 0.318. The lowest BCUT2D eigenvalue weighted by Crippen LogP contribution is -2.47. The van der Waals surface area contributed by atoms with E-state index in [0.717, 1.165) is 32.2 Å². The molecule has 7 heteroatoms. The quantitative estimate of drug-likeness (QED) is 0.818. The van der Waals surface area contributed by atoms with Gasteiger partial charge in [-0.25, -0.2) is 4.68 Å². The van der Waals surface area contributed by atoms with Gasteiger partial charge >= 0.3 is 0 Å². The van der Waals surface area contributed by atoms with Crippen LogP contribution in [0.5, 0.6) is 5.88 Å². The first-order valence-corrected chi connectivity index (χ1v) is 8.03. The number of nitrogens with one attached hydrogen (secondary N) is 1. The van der Waals surface area contributed by atoms with Crippen molar-refractivity contribution in [1.29, 1.82) is 0 Å². The molecule has 0 aromatic carbocycles. The number of carbonyl (C=O) groups is 2. The minimum Gasteiger partial charge on any atom is -0.476 e. The van der Waals surface area contributed by atoms with Crippen LogP contribution in [0.1, 0.15) is 36.2 Å². The summed E-state index contributed by atoms with van der Waals surface area (Å²) in [7, 11) is 0. The highest BCUT2D eigenvalue weighted by molar-refractivity contribution is 6.05. The molecule has 0 bridgehead atoms. The SMILES string of the molecule is O=C(c1cc2n(n1)CCO2)N(C(=O)C1CCCNC1)C1CC1. The standard InChI is InChI=1S/C15H20N4O3/c20-14(10-2-1-5-16-9-10)19(11-3-4-11)15(21)12-8-13-18(17-12)6-7-22-13/h8,10-11,16H,1-7,9H2. The van der Waals surface area contributed by atoms with Gasteiger partial charge in [0.1, 0.15) is 6.61 Å². The summed E-state index contributed by atoms with van der Waals surface area (Å²) in [6, 6.07) is 1.70. The Morgan fingerprint density at radius 1 is 1.36 bits per heavy atom. The average Bonchev–Trinajstić information content (AvgIpc) is 3.12. The molecule has 1 N–H and O–H groups in total. The Morgan fingerprint density at radius 3 is 2.91 bits per heavy atom. The number of piperidine rings is 1. The first-order valence-electron chi connectivity index (χ1n) is 8.03. The fourth-order valence-electron chi connectivity index (χ4n) is 3.18. The van der Waals surface area contributed by atoms with Crippen LogP contribution in [-0.4, -0.2) is 52.2 Å². The van der Waals surface area contributed by atoms with Crippen molar-refractivity contribution < 1.29 is 14.3 Å². The van der Waals surface area contributed by atoms with Crippen LogP contribution in [-0.2, 0) is 11.3 Å². The molecule has 2 aliphatic heterocycles. The van der Waals surface area contributed by atoms with E-state index in [1.165, 1.54) is 4.90 Å². The van der Waals surface area contributed by atoms with Crippen LogP contribution in [0.4, 0.5) is 0 Å². The average molecular weight is 304 g/mol. The van der Waals surface area contributed by atoms with Crippen LogP contribution < -0.4 is 10.1 Å². The molecule has 2 amide bonds. The normalized spacial score (nSPS) is 23.7. The van der Waals surface area contributed by atoms with Crippen LogP contribution in [0.2, 0.25) is 0 Å². The minimum absolute atomic E-state index is 0.0474. The molecule has 1 saturated heterocycles. The molecular formula is C15H20N4O3. The molecule has 2 fully saturated rings. The van der Waals surface area contributed by atoms with Crippen molar-refractivity contribution >= 4 is 11.8 Å². The predicted octanol–water partition coefficient (Wildman–Crippen LogP) is 0.406. The van der Waals surface area contributed by atoms with E-state index in [-0.39, 0.29) is 23.8 Å². The maximum absolute atomic E-state index is 12.8. The number of aromatic nitrogens is 2. The molecule has 3 aliphatic rings. The predicted molar refractivity (Wildman–Crippen MR) is 77.5 cm³/mol. The second kappa shape index (κ2) is 5.39. The molecule has 3 heterocycles. The summed E-state index contributed by atoms with van der Waals surface area (Å²) >= 11 is 0. The number of hydrogen-bond acceptors (Lipinski definition) is 5. The van der Waals surface area contributed by atoms with Gasteiger partial charge in [-0.1, -0.05) is 0 Å². The van der Waals surface area contributed by atoms with E-state index in [9.17, 15) is 9.59 Å². The first-order chi connectivity index (χ1) is 10.7. The third-order valence-corrected chi connectivity index (χ3v) is 4.53. The van der Waals surface area contributed by atoms with Gasteiger partial charge in [-0.3, -0.25) is 14.5 Å². The van der Waals surface area contributed by atoms with Crippen LogP contribution in [0.3, 0.4) is 0 Å². The highest BCUT2D eigenvalue weighted by Crippen LogP contribution is 2.31. The van der Waals surface area contributed by atoms with E-state index in [4.69, 9.17) is 4.74 Å². The second-order valence-electron chi connectivity index (χ2n) is 6.23. The number of hydrogen-bond donors (Lipinski definition) is 1. The van der Waals surface area contributed by atoms with Gasteiger partial charge < -0.3 is 10.1 Å². The van der Waals surface area contributed by atoms with Crippen LogP contribution >= 0.6 is 0 Å². The third-order valence-electron chi connectivity index (χ3n) is 4.53. The van der Waals surface area contributed by atoms with Gasteiger partial charge in [-0.05, 0) is 32.2 Å². The summed E-state index contributed by atoms with van der Waals surface area (Å²) in [5.74, 6) is 0.201. The Kier molecular flexibility index (Phi) is 3.37. The van der Waals surface area contributed by atoms with E-state index in [0.29, 0.717) is 31.3 Å². The van der Waals surface area contributed by atoms with Gasteiger partial charge in [0, 0.05) is 18.7 Å². The number of nitrogens with zero attached hydrogens (tertiary/aromatic N) is 3. The number of amides is 2. The largest absolute Gasteiger partial charge is 0.476 e. The second-order valence-corrected chi connectivity index (χ2v) is 6.23. The molecule has 22 heavy (non-hydrogen) atoms. The summed E-state index contributed by atoms with van der Waals surface area (Å²) in [4.78, 5) is 27.0. The zero-order chi connectivity index (χ0) is 15.1. The molecule has 4 rings (SSSR count). The molecule has 1 atom stereocenters. The minimum atomic E-state index is -0.274. The van der Waals surface area contributed by atoms with Gasteiger partial charge in [0.25, 0.3) is 5.91 Å². The Hall–Kier alpha value is -1.89. The van der Waals surface area contributed by atoms with E-state index in [1.54, 1.807) is 10.7 Å². The topological polar surface area (TPSA) is 76.5 Å². The number of fused-ring (bicyclic) bond motifs is 1. The maximum Gasteiger partial charge on any atom is 0.281 e. The van der Waals surface area contributed by atoms with Crippen molar-refractivity contribution in [1.82, 2.24) is 20.0 Å². The lowest BCUT2D eigenvalue weighted by molar-refractivity contribution is -0.133. The van der Waals surface area contributed by atoms with E-state index in [1.807, 2.05) is 0 Å². The van der Waals surface area contributed by atoms with Gasteiger partial charge in [0.2, 0.25) is 11.8 Å². The van der Waals surface area contributed by atoms with Crippen molar-refractivity contribution in [2.75, 3.05) is 19.7 Å². The number of carbonyl (C=O) groups excluding carboxylic acids is 2. The fraction of sp³-hybridized carbons (Fsp3) is 0.667. The van der Waals surface area contributed by atoms with Crippen molar-refractivity contribution in [3.8, 4) is 5.88 Å². The molecule has 118 valence electrons. The van der Waals surface area contributed by atoms with Crippen molar-refractivity contribution in [3.05, 3.63) is 11.8 Å². The first kappa shape index (κ1) is 13.8. The van der Waals surface area contributed by atoms with E-state index in [2.05, 4.69) is 10.4 Å². The monoisotopic (exact) mass is 304 g/mol. The lowest BCUT2D eigenvalue weighted by Gasteiger charge is -2.28. The molecule has 0 radical (unpaired) electrons. The summed E-state index contributed by atoms with van der Waals surface area (Å²) < 4.78 is 7.08. The molecule has 1 saturated carbocycles. The Labute approximate surface area is 128 Å². The van der Waals surface area contributed by atoms with Crippen molar-refractivity contribution in [3.63, 3.8) is 0 Å². The number of rotatable bonds is 3. The zero-order valence-corrected chi connectivity index (χ0v) is 12.5. The Bertz CT molecular complexity index is 580. The molecule has 1 aromatic heterocycles. The Morgan fingerprint density at radius 2 is 2.23 bits per heavy atom. The summed E-state index contributed by atoms with van der Waals surface area (Å²) in [6.07, 6.45) is 3.64. The van der Waals surface area contributed by atoms with Gasteiger partial charge in [0.15, 0.2) is 5.69 Å². The maximum atomic E-state index is 12.8. The summed E-state index contributed by atoms with van der Waals surface area (Å²) in [5, 5.41) is 7.52. The van der Waals surface area contributed by atoms with Crippen LogP contribution in [0.15, 0.2) is 6.07 Å². The molecule has 1 unspecified atom stereocenters. The summed E-state index contributed by atoms with van der Waals surface area (Å²) in [6.45, 7) is 2.87. The Balaban J connectivity index is 1.55. The molecule has 0 spiro atoms. The van der Waals surface area contributed by atoms with Crippen molar-refractivity contribution in [2.45, 2.75) is 38.3 Å². The lowest BCUT2D eigenvalue weighted by atomic mass is 9.98. The number of ether oxygens (including phenoxy) is 1. The van der Waals surface area contributed by atoms with Crippen molar-refractivity contribution in [2.24, 2.45) is 5.92 Å². The van der Waals surface area contributed by atoms with E-state index >= 15 is 0 Å². The highest BCUT2D eigenvalue weighted by Gasteiger charge is 2.41. The number of imide groups is 1. The fourth-order valence-corrected chi connectivity index (χ4v) is 3.18. The van der Waals surface area contributed by atoms with E-state index < -0.39 is 0 Å². The molecule has 7 nitrogen and oxygen atoms in total. The van der Waals surface area contributed by atoms with Gasteiger partial charge in [0.05, 0.1) is 12.5 Å². The third kappa shape index (κ3) is 2.39. The highest BCUT2D eigenvalue weighted by atomic mass is 16.5. The smallest absolute Gasteiger partial charge is 0.281 e. The molecule has 1 aliphatic carbocycles.